The molecule has 1 aliphatic carbocycles. The smallest absolute Gasteiger partial charge is 0.0948 e. The summed E-state index contributed by atoms with van der Waals surface area (Å²) in [6.07, 6.45) is 6.54. The SMILES string of the molecule is Cc1ccc(-c2nc(CCNC3CCCC3)sc2C)cc1. The standard InChI is InChI=1S/C18H24N2S/c1-13-7-9-15(10-8-13)18-14(2)21-17(20-18)11-12-19-16-5-3-4-6-16/h7-10,16,19H,3-6,11-12H2,1-2H3. The third-order valence-corrected chi connectivity index (χ3v) is 5.32. The summed E-state index contributed by atoms with van der Waals surface area (Å²) in [7, 11) is 0. The van der Waals surface area contributed by atoms with E-state index in [-0.39, 0.29) is 0 Å². The maximum absolute atomic E-state index is 4.85. The molecule has 112 valence electrons. The molecule has 0 atom stereocenters. The fourth-order valence-corrected chi connectivity index (χ4v) is 4.01. The summed E-state index contributed by atoms with van der Waals surface area (Å²) < 4.78 is 0. The van der Waals surface area contributed by atoms with Crippen LogP contribution in [0.15, 0.2) is 24.3 Å². The predicted octanol–water partition coefficient (Wildman–Crippen LogP) is 4.50. The maximum Gasteiger partial charge on any atom is 0.0948 e. The summed E-state index contributed by atoms with van der Waals surface area (Å²) in [6, 6.07) is 9.43. The number of rotatable bonds is 5. The zero-order chi connectivity index (χ0) is 14.7. The lowest BCUT2D eigenvalue weighted by molar-refractivity contribution is 0.527. The Morgan fingerprint density at radius 2 is 1.86 bits per heavy atom. The van der Waals surface area contributed by atoms with Crippen molar-refractivity contribution < 1.29 is 0 Å². The molecular weight excluding hydrogens is 276 g/mol. The van der Waals surface area contributed by atoms with Crippen LogP contribution in [-0.4, -0.2) is 17.6 Å². The van der Waals surface area contributed by atoms with Crippen LogP contribution in [0.3, 0.4) is 0 Å². The Kier molecular flexibility index (Phi) is 4.71. The van der Waals surface area contributed by atoms with Crippen molar-refractivity contribution in [2.75, 3.05) is 6.54 Å². The average molecular weight is 300 g/mol. The van der Waals surface area contributed by atoms with Gasteiger partial charge in [-0.1, -0.05) is 42.7 Å². The molecule has 1 fully saturated rings. The molecule has 0 aliphatic heterocycles. The van der Waals surface area contributed by atoms with E-state index in [0.29, 0.717) is 0 Å². The number of benzene rings is 1. The first kappa shape index (κ1) is 14.7. The lowest BCUT2D eigenvalue weighted by atomic mass is 10.1. The molecule has 1 N–H and O–H groups in total. The second-order valence-electron chi connectivity index (χ2n) is 6.06. The zero-order valence-electron chi connectivity index (χ0n) is 13.0. The van der Waals surface area contributed by atoms with Gasteiger partial charge in [-0.25, -0.2) is 4.98 Å². The predicted molar refractivity (Wildman–Crippen MR) is 91.0 cm³/mol. The van der Waals surface area contributed by atoms with Gasteiger partial charge in [0.1, 0.15) is 0 Å². The van der Waals surface area contributed by atoms with Crippen LogP contribution in [0.1, 0.15) is 41.1 Å². The monoisotopic (exact) mass is 300 g/mol. The molecule has 1 aliphatic rings. The van der Waals surface area contributed by atoms with Crippen molar-refractivity contribution in [2.24, 2.45) is 0 Å². The largest absolute Gasteiger partial charge is 0.314 e. The minimum Gasteiger partial charge on any atom is -0.314 e. The molecule has 2 nitrogen and oxygen atoms in total. The van der Waals surface area contributed by atoms with Crippen LogP contribution in [0.2, 0.25) is 0 Å². The van der Waals surface area contributed by atoms with E-state index in [4.69, 9.17) is 4.98 Å². The molecule has 1 aromatic carbocycles. The quantitative estimate of drug-likeness (QED) is 0.879. The Balaban J connectivity index is 1.62. The van der Waals surface area contributed by atoms with Crippen molar-refractivity contribution in [1.82, 2.24) is 10.3 Å². The zero-order valence-corrected chi connectivity index (χ0v) is 13.8. The van der Waals surface area contributed by atoms with Gasteiger partial charge in [-0.3, -0.25) is 0 Å². The van der Waals surface area contributed by atoms with Gasteiger partial charge in [0, 0.05) is 29.4 Å². The number of nitrogens with one attached hydrogen (secondary N) is 1. The van der Waals surface area contributed by atoms with Crippen LogP contribution >= 0.6 is 11.3 Å². The molecule has 2 aromatic rings. The fourth-order valence-electron chi connectivity index (χ4n) is 3.05. The lowest BCUT2D eigenvalue weighted by Gasteiger charge is -2.10. The molecule has 3 rings (SSSR count). The number of hydrogen-bond donors (Lipinski definition) is 1. The molecule has 0 bridgehead atoms. The van der Waals surface area contributed by atoms with E-state index in [1.54, 1.807) is 0 Å². The van der Waals surface area contributed by atoms with E-state index in [9.17, 15) is 0 Å². The minimum absolute atomic E-state index is 0.752. The molecule has 0 unspecified atom stereocenters. The normalized spacial score (nSPS) is 15.7. The van der Waals surface area contributed by atoms with Crippen molar-refractivity contribution >= 4 is 11.3 Å². The summed E-state index contributed by atoms with van der Waals surface area (Å²) >= 11 is 1.84. The Bertz CT molecular complexity index is 580. The van der Waals surface area contributed by atoms with Crippen molar-refractivity contribution in [3.05, 3.63) is 39.7 Å². The van der Waals surface area contributed by atoms with Crippen molar-refractivity contribution in [1.29, 1.82) is 0 Å². The van der Waals surface area contributed by atoms with Crippen LogP contribution in [0.25, 0.3) is 11.3 Å². The fraction of sp³-hybridized carbons (Fsp3) is 0.500. The van der Waals surface area contributed by atoms with E-state index in [0.717, 1.165) is 24.7 Å². The number of aryl methyl sites for hydroxylation is 2. The molecule has 0 radical (unpaired) electrons. The molecule has 0 saturated heterocycles. The highest BCUT2D eigenvalue weighted by atomic mass is 32.1. The van der Waals surface area contributed by atoms with Crippen LogP contribution in [0.4, 0.5) is 0 Å². The van der Waals surface area contributed by atoms with E-state index in [2.05, 4.69) is 43.4 Å². The van der Waals surface area contributed by atoms with Gasteiger partial charge in [0.25, 0.3) is 0 Å². The van der Waals surface area contributed by atoms with Crippen molar-refractivity contribution in [2.45, 2.75) is 52.0 Å². The molecule has 1 heterocycles. The summed E-state index contributed by atoms with van der Waals surface area (Å²) in [4.78, 5) is 6.18. The van der Waals surface area contributed by atoms with Gasteiger partial charge in [0.05, 0.1) is 10.7 Å². The Morgan fingerprint density at radius 3 is 2.57 bits per heavy atom. The summed E-state index contributed by atoms with van der Waals surface area (Å²) in [5.41, 5.74) is 3.70. The lowest BCUT2D eigenvalue weighted by Crippen LogP contribution is -2.27. The highest BCUT2D eigenvalue weighted by molar-refractivity contribution is 7.12. The van der Waals surface area contributed by atoms with E-state index < -0.39 is 0 Å². The Labute approximate surface area is 131 Å². The first-order valence-electron chi connectivity index (χ1n) is 7.99. The topological polar surface area (TPSA) is 24.9 Å². The average Bonchev–Trinajstić information content (AvgIpc) is 3.10. The Hall–Kier alpha value is -1.19. The number of aromatic nitrogens is 1. The van der Waals surface area contributed by atoms with Crippen LogP contribution in [0.5, 0.6) is 0 Å². The first-order chi connectivity index (χ1) is 10.2. The van der Waals surface area contributed by atoms with Gasteiger partial charge in [-0.15, -0.1) is 11.3 Å². The molecule has 0 amide bonds. The van der Waals surface area contributed by atoms with E-state index in [1.165, 1.54) is 46.7 Å². The second-order valence-corrected chi connectivity index (χ2v) is 7.35. The highest BCUT2D eigenvalue weighted by Gasteiger charge is 2.14. The van der Waals surface area contributed by atoms with Gasteiger partial charge in [0.2, 0.25) is 0 Å². The molecule has 0 spiro atoms. The van der Waals surface area contributed by atoms with E-state index in [1.807, 2.05) is 11.3 Å². The Morgan fingerprint density at radius 1 is 1.14 bits per heavy atom. The van der Waals surface area contributed by atoms with Gasteiger partial charge in [-0.05, 0) is 26.7 Å². The van der Waals surface area contributed by atoms with Gasteiger partial charge >= 0.3 is 0 Å². The summed E-state index contributed by atoms with van der Waals surface area (Å²) in [5.74, 6) is 0. The molecule has 21 heavy (non-hydrogen) atoms. The second kappa shape index (κ2) is 6.71. The third-order valence-electron chi connectivity index (χ3n) is 4.29. The molecule has 3 heteroatoms. The first-order valence-corrected chi connectivity index (χ1v) is 8.81. The van der Waals surface area contributed by atoms with E-state index >= 15 is 0 Å². The van der Waals surface area contributed by atoms with Crippen molar-refractivity contribution in [3.63, 3.8) is 0 Å². The molecule has 1 aromatic heterocycles. The number of nitrogens with zero attached hydrogens (tertiary/aromatic N) is 1. The number of thiazole rings is 1. The van der Waals surface area contributed by atoms with Crippen LogP contribution < -0.4 is 5.32 Å². The molecule has 1 saturated carbocycles. The summed E-state index contributed by atoms with van der Waals surface area (Å²) in [5, 5.41) is 4.93. The van der Waals surface area contributed by atoms with Crippen LogP contribution in [0, 0.1) is 13.8 Å². The van der Waals surface area contributed by atoms with Gasteiger partial charge < -0.3 is 5.32 Å². The van der Waals surface area contributed by atoms with Crippen molar-refractivity contribution in [3.8, 4) is 11.3 Å². The third kappa shape index (κ3) is 3.72. The molecular formula is C18H24N2S. The van der Waals surface area contributed by atoms with Crippen LogP contribution in [-0.2, 0) is 6.42 Å². The van der Waals surface area contributed by atoms with Gasteiger partial charge in [0.15, 0.2) is 0 Å². The highest BCUT2D eigenvalue weighted by Crippen LogP contribution is 2.28. The minimum atomic E-state index is 0.752. The summed E-state index contributed by atoms with van der Waals surface area (Å²) in [6.45, 7) is 5.36. The van der Waals surface area contributed by atoms with Gasteiger partial charge in [-0.2, -0.15) is 0 Å². The number of hydrogen-bond acceptors (Lipinski definition) is 3. The maximum atomic E-state index is 4.85.